The molecular formula is C13H24N4O. The maximum Gasteiger partial charge on any atom is 0.129 e. The number of hydrogen-bond donors (Lipinski definition) is 0. The molecule has 0 N–H and O–H groups in total. The first-order valence-corrected chi connectivity index (χ1v) is 6.85. The largest absolute Gasteiger partial charge is 0.385 e. The van der Waals surface area contributed by atoms with Crippen LogP contribution in [0.5, 0.6) is 0 Å². The summed E-state index contributed by atoms with van der Waals surface area (Å²) in [5.74, 6) is 1.81. The van der Waals surface area contributed by atoms with Gasteiger partial charge in [0.15, 0.2) is 0 Å². The van der Waals surface area contributed by atoms with Gasteiger partial charge < -0.3 is 14.2 Å². The van der Waals surface area contributed by atoms with E-state index in [9.17, 15) is 0 Å². The highest BCUT2D eigenvalue weighted by Gasteiger charge is 2.19. The molecule has 0 bridgehead atoms. The fourth-order valence-electron chi connectivity index (χ4n) is 2.66. The van der Waals surface area contributed by atoms with Crippen molar-refractivity contribution >= 4 is 0 Å². The van der Waals surface area contributed by atoms with Crippen molar-refractivity contribution in [1.82, 2.24) is 19.7 Å². The lowest BCUT2D eigenvalue weighted by atomic mass is 9.95. The maximum absolute atomic E-state index is 5.18. The van der Waals surface area contributed by atoms with Crippen LogP contribution >= 0.6 is 0 Å². The molecule has 0 amide bonds. The third-order valence-corrected chi connectivity index (χ3v) is 3.80. The van der Waals surface area contributed by atoms with Crippen molar-refractivity contribution in [3.05, 3.63) is 12.2 Å². The van der Waals surface area contributed by atoms with Crippen molar-refractivity contribution in [2.45, 2.75) is 32.7 Å². The summed E-state index contributed by atoms with van der Waals surface area (Å²) < 4.78 is 7.30. The number of hydrogen-bond acceptors (Lipinski definition) is 4. The van der Waals surface area contributed by atoms with Crippen LogP contribution in [-0.2, 0) is 11.3 Å². The Morgan fingerprint density at radius 3 is 3.06 bits per heavy atom. The number of piperidine rings is 1. The van der Waals surface area contributed by atoms with Crippen LogP contribution in [0, 0.1) is 12.8 Å². The smallest absolute Gasteiger partial charge is 0.129 e. The molecule has 1 aromatic heterocycles. The van der Waals surface area contributed by atoms with Gasteiger partial charge in [-0.15, -0.1) is 10.2 Å². The van der Waals surface area contributed by atoms with Crippen LogP contribution in [0.3, 0.4) is 0 Å². The van der Waals surface area contributed by atoms with Gasteiger partial charge in [-0.1, -0.05) is 0 Å². The Hall–Kier alpha value is -0.940. The Morgan fingerprint density at radius 1 is 1.44 bits per heavy atom. The third kappa shape index (κ3) is 3.78. The number of aryl methyl sites for hydroxylation is 1. The van der Waals surface area contributed by atoms with Crippen molar-refractivity contribution in [3.63, 3.8) is 0 Å². The van der Waals surface area contributed by atoms with E-state index in [1.165, 1.54) is 32.4 Å². The molecular weight excluding hydrogens is 228 g/mol. The van der Waals surface area contributed by atoms with Crippen molar-refractivity contribution in [2.24, 2.45) is 5.92 Å². The number of aromatic nitrogens is 3. The van der Waals surface area contributed by atoms with Crippen LogP contribution in [0.25, 0.3) is 0 Å². The van der Waals surface area contributed by atoms with Crippen LogP contribution in [0.4, 0.5) is 0 Å². The van der Waals surface area contributed by atoms with E-state index in [2.05, 4.69) is 19.7 Å². The van der Waals surface area contributed by atoms with Gasteiger partial charge in [-0.25, -0.2) is 0 Å². The fraction of sp³-hybridized carbons (Fsp3) is 0.846. The first kappa shape index (κ1) is 13.5. The summed E-state index contributed by atoms with van der Waals surface area (Å²) >= 11 is 0. The topological polar surface area (TPSA) is 43.2 Å². The molecule has 5 heteroatoms. The molecule has 0 spiro atoms. The lowest BCUT2D eigenvalue weighted by Gasteiger charge is -2.32. The Labute approximate surface area is 109 Å². The van der Waals surface area contributed by atoms with Crippen LogP contribution in [0.15, 0.2) is 6.33 Å². The number of ether oxygens (including phenoxy) is 1. The van der Waals surface area contributed by atoms with Crippen molar-refractivity contribution in [2.75, 3.05) is 33.4 Å². The lowest BCUT2D eigenvalue weighted by Crippen LogP contribution is -2.37. The summed E-state index contributed by atoms with van der Waals surface area (Å²) in [7, 11) is 1.79. The van der Waals surface area contributed by atoms with Gasteiger partial charge in [0.1, 0.15) is 12.2 Å². The zero-order valence-electron chi connectivity index (χ0n) is 11.5. The SMILES string of the molecule is COCC[C@@H]1CCCN(CCn2cnnc2C)C1. The predicted molar refractivity (Wildman–Crippen MR) is 70.4 cm³/mol. The Kier molecular flexibility index (Phi) is 5.13. The molecule has 0 aromatic carbocycles. The average Bonchev–Trinajstić information content (AvgIpc) is 2.80. The van der Waals surface area contributed by atoms with E-state index in [0.717, 1.165) is 31.4 Å². The van der Waals surface area contributed by atoms with Gasteiger partial charge in [0.05, 0.1) is 0 Å². The number of likely N-dealkylation sites (tertiary alicyclic amines) is 1. The first-order chi connectivity index (χ1) is 8.79. The average molecular weight is 252 g/mol. The zero-order chi connectivity index (χ0) is 12.8. The summed E-state index contributed by atoms with van der Waals surface area (Å²) in [5.41, 5.74) is 0. The minimum Gasteiger partial charge on any atom is -0.385 e. The summed E-state index contributed by atoms with van der Waals surface area (Å²) in [6, 6.07) is 0. The highest BCUT2D eigenvalue weighted by Crippen LogP contribution is 2.19. The van der Waals surface area contributed by atoms with E-state index < -0.39 is 0 Å². The second-order valence-corrected chi connectivity index (χ2v) is 5.16. The van der Waals surface area contributed by atoms with Gasteiger partial charge >= 0.3 is 0 Å². The van der Waals surface area contributed by atoms with Gasteiger partial charge in [-0.2, -0.15) is 0 Å². The minimum absolute atomic E-state index is 0.806. The molecule has 102 valence electrons. The van der Waals surface area contributed by atoms with Gasteiger partial charge in [0.25, 0.3) is 0 Å². The lowest BCUT2D eigenvalue weighted by molar-refractivity contribution is 0.125. The van der Waals surface area contributed by atoms with Crippen LogP contribution < -0.4 is 0 Å². The molecule has 1 saturated heterocycles. The fourth-order valence-corrected chi connectivity index (χ4v) is 2.66. The minimum atomic E-state index is 0.806. The van der Waals surface area contributed by atoms with Crippen molar-refractivity contribution in [1.29, 1.82) is 0 Å². The first-order valence-electron chi connectivity index (χ1n) is 6.85. The molecule has 1 atom stereocenters. The molecule has 2 rings (SSSR count). The third-order valence-electron chi connectivity index (χ3n) is 3.80. The molecule has 0 aliphatic carbocycles. The molecule has 5 nitrogen and oxygen atoms in total. The van der Waals surface area contributed by atoms with Gasteiger partial charge in [-0.3, -0.25) is 0 Å². The normalized spacial score (nSPS) is 21.3. The quantitative estimate of drug-likeness (QED) is 0.766. The van der Waals surface area contributed by atoms with E-state index in [0.29, 0.717) is 0 Å². The molecule has 0 saturated carbocycles. The van der Waals surface area contributed by atoms with E-state index in [-0.39, 0.29) is 0 Å². The molecule has 1 fully saturated rings. The highest BCUT2D eigenvalue weighted by atomic mass is 16.5. The van der Waals surface area contributed by atoms with Gasteiger partial charge in [0, 0.05) is 33.4 Å². The van der Waals surface area contributed by atoms with Crippen LogP contribution in [0.2, 0.25) is 0 Å². The molecule has 1 aliphatic rings. The van der Waals surface area contributed by atoms with Gasteiger partial charge in [0.2, 0.25) is 0 Å². The molecule has 0 unspecified atom stereocenters. The molecule has 1 aromatic rings. The van der Waals surface area contributed by atoms with Gasteiger partial charge in [-0.05, 0) is 38.6 Å². The maximum atomic E-state index is 5.18. The van der Waals surface area contributed by atoms with Crippen LogP contribution in [-0.4, -0.2) is 53.0 Å². The van der Waals surface area contributed by atoms with E-state index in [4.69, 9.17) is 4.74 Å². The number of nitrogens with zero attached hydrogens (tertiary/aromatic N) is 4. The summed E-state index contributed by atoms with van der Waals surface area (Å²) in [4.78, 5) is 2.56. The van der Waals surface area contributed by atoms with E-state index >= 15 is 0 Å². The second kappa shape index (κ2) is 6.85. The Balaban J connectivity index is 1.74. The standard InChI is InChI=1S/C13H24N4O/c1-12-15-14-11-17(12)8-7-16-6-3-4-13(10-16)5-9-18-2/h11,13H,3-10H2,1-2H3/t13-/m0/s1. The predicted octanol–water partition coefficient (Wildman–Crippen LogP) is 1.34. The molecule has 18 heavy (non-hydrogen) atoms. The highest BCUT2D eigenvalue weighted by molar-refractivity contribution is 4.81. The van der Waals surface area contributed by atoms with E-state index in [1.807, 2.05) is 13.3 Å². The monoisotopic (exact) mass is 252 g/mol. The zero-order valence-corrected chi connectivity index (χ0v) is 11.5. The molecule has 2 heterocycles. The van der Waals surface area contributed by atoms with Crippen LogP contribution in [0.1, 0.15) is 25.1 Å². The summed E-state index contributed by atoms with van der Waals surface area (Å²) in [5, 5.41) is 7.93. The number of rotatable bonds is 6. The Morgan fingerprint density at radius 2 is 2.33 bits per heavy atom. The molecule has 1 aliphatic heterocycles. The number of methoxy groups -OCH3 is 1. The van der Waals surface area contributed by atoms with Crippen molar-refractivity contribution in [3.8, 4) is 0 Å². The molecule has 0 radical (unpaired) electrons. The second-order valence-electron chi connectivity index (χ2n) is 5.16. The summed E-state index contributed by atoms with van der Waals surface area (Å²) in [6.45, 7) is 7.43. The van der Waals surface area contributed by atoms with E-state index in [1.54, 1.807) is 7.11 Å². The van der Waals surface area contributed by atoms with Crippen molar-refractivity contribution < 1.29 is 4.74 Å². The Bertz CT molecular complexity index is 353. The summed E-state index contributed by atoms with van der Waals surface area (Å²) in [6.07, 6.45) is 5.68.